The van der Waals surface area contributed by atoms with Gasteiger partial charge in [0.05, 0.1) is 0 Å². The molecule has 1 amide bonds. The van der Waals surface area contributed by atoms with Crippen LogP contribution in [0.3, 0.4) is 0 Å². The molecule has 1 saturated heterocycles. The number of nitrogens with zero attached hydrogens (tertiary/aromatic N) is 3. The second kappa shape index (κ2) is 7.86. The van der Waals surface area contributed by atoms with Crippen molar-refractivity contribution in [2.75, 3.05) is 26.2 Å². The molecule has 1 fully saturated rings. The van der Waals surface area contributed by atoms with Gasteiger partial charge in [0.1, 0.15) is 5.65 Å². The number of pyridine rings is 1. The molecule has 0 bridgehead atoms. The van der Waals surface area contributed by atoms with E-state index in [2.05, 4.69) is 29.0 Å². The highest BCUT2D eigenvalue weighted by molar-refractivity contribution is 5.96. The molecule has 0 saturated carbocycles. The number of hydrogen-bond donors (Lipinski definition) is 2. The van der Waals surface area contributed by atoms with Crippen LogP contribution in [0.25, 0.3) is 5.65 Å². The van der Waals surface area contributed by atoms with Crippen LogP contribution in [0.5, 0.6) is 5.88 Å². The van der Waals surface area contributed by atoms with Gasteiger partial charge in [-0.1, -0.05) is 19.9 Å². The highest BCUT2D eigenvalue weighted by Gasteiger charge is 2.22. The summed E-state index contributed by atoms with van der Waals surface area (Å²) in [6.45, 7) is 8.09. The number of piperidine rings is 1. The minimum Gasteiger partial charge on any atom is -0.493 e. The Balaban J connectivity index is 1.59. The molecule has 0 spiro atoms. The van der Waals surface area contributed by atoms with Gasteiger partial charge >= 0.3 is 0 Å². The minimum atomic E-state index is -0.585. The summed E-state index contributed by atoms with van der Waals surface area (Å²) in [7, 11) is 0. The molecule has 7 nitrogen and oxygen atoms in total. The summed E-state index contributed by atoms with van der Waals surface area (Å²) in [4.78, 5) is 31.1. The molecule has 3 rings (SSSR count). The van der Waals surface area contributed by atoms with Crippen molar-refractivity contribution in [2.24, 2.45) is 11.8 Å². The SMILES string of the molecule is C[C@@H]1C[C@@H](C)CN(CCCNC(=O)c2c(O)nc3ccccn3c2=O)C1. The Bertz CT molecular complexity index is 838. The molecule has 0 radical (unpaired) electrons. The second-order valence-electron chi connectivity index (χ2n) is 7.36. The molecule has 2 N–H and O–H groups in total. The maximum absolute atomic E-state index is 12.4. The van der Waals surface area contributed by atoms with Crippen LogP contribution in [0, 0.1) is 11.8 Å². The highest BCUT2D eigenvalue weighted by Crippen LogP contribution is 2.20. The third-order valence-electron chi connectivity index (χ3n) is 4.82. The number of fused-ring (bicyclic) bond motifs is 1. The summed E-state index contributed by atoms with van der Waals surface area (Å²) in [5, 5.41) is 12.7. The van der Waals surface area contributed by atoms with Crippen LogP contribution in [-0.2, 0) is 0 Å². The van der Waals surface area contributed by atoms with Gasteiger partial charge in [-0.25, -0.2) is 0 Å². The van der Waals surface area contributed by atoms with Crippen molar-refractivity contribution in [2.45, 2.75) is 26.7 Å². The molecule has 3 heterocycles. The monoisotopic (exact) mass is 358 g/mol. The predicted molar refractivity (Wildman–Crippen MR) is 99.5 cm³/mol. The van der Waals surface area contributed by atoms with Crippen molar-refractivity contribution in [1.29, 1.82) is 0 Å². The number of aromatic hydroxyl groups is 1. The Kier molecular flexibility index (Phi) is 5.56. The molecule has 0 aromatic carbocycles. The zero-order valence-corrected chi connectivity index (χ0v) is 15.3. The van der Waals surface area contributed by atoms with E-state index in [0.29, 0.717) is 24.0 Å². The van der Waals surface area contributed by atoms with Crippen molar-refractivity contribution >= 4 is 11.6 Å². The lowest BCUT2D eigenvalue weighted by Crippen LogP contribution is -2.40. The Hall–Kier alpha value is -2.41. The number of likely N-dealkylation sites (tertiary alicyclic amines) is 1. The van der Waals surface area contributed by atoms with E-state index >= 15 is 0 Å². The van der Waals surface area contributed by atoms with E-state index < -0.39 is 17.3 Å². The lowest BCUT2D eigenvalue weighted by atomic mass is 9.92. The van der Waals surface area contributed by atoms with Gasteiger partial charge in [-0.05, 0) is 43.4 Å². The first-order valence-corrected chi connectivity index (χ1v) is 9.16. The van der Waals surface area contributed by atoms with Crippen molar-refractivity contribution in [3.05, 3.63) is 40.3 Å². The quantitative estimate of drug-likeness (QED) is 0.791. The number of nitrogens with one attached hydrogen (secondary N) is 1. The zero-order chi connectivity index (χ0) is 18.7. The minimum absolute atomic E-state index is 0.305. The van der Waals surface area contributed by atoms with Gasteiger partial charge < -0.3 is 15.3 Å². The summed E-state index contributed by atoms with van der Waals surface area (Å²) >= 11 is 0. The Labute approximate surface area is 152 Å². The lowest BCUT2D eigenvalue weighted by Gasteiger charge is -2.34. The van der Waals surface area contributed by atoms with E-state index in [9.17, 15) is 14.7 Å². The van der Waals surface area contributed by atoms with Crippen LogP contribution in [0.15, 0.2) is 29.2 Å². The van der Waals surface area contributed by atoms with E-state index in [4.69, 9.17) is 0 Å². The van der Waals surface area contributed by atoms with Crippen LogP contribution < -0.4 is 10.9 Å². The summed E-state index contributed by atoms with van der Waals surface area (Å²) < 4.78 is 1.26. The third kappa shape index (κ3) is 4.04. The number of carbonyl (C=O) groups is 1. The Morgan fingerprint density at radius 1 is 1.31 bits per heavy atom. The molecule has 2 atom stereocenters. The fourth-order valence-corrected chi connectivity index (χ4v) is 3.84. The van der Waals surface area contributed by atoms with Crippen LogP contribution >= 0.6 is 0 Å². The smallest absolute Gasteiger partial charge is 0.274 e. The number of aromatic nitrogens is 2. The topological polar surface area (TPSA) is 86.9 Å². The van der Waals surface area contributed by atoms with Crippen molar-refractivity contribution in [1.82, 2.24) is 19.6 Å². The molecular weight excluding hydrogens is 332 g/mol. The summed E-state index contributed by atoms with van der Waals surface area (Å²) in [5.41, 5.74) is -0.571. The molecule has 0 aliphatic carbocycles. The first-order chi connectivity index (χ1) is 12.5. The number of rotatable bonds is 5. The lowest BCUT2D eigenvalue weighted by molar-refractivity contribution is 0.0942. The predicted octanol–water partition coefficient (Wildman–Crippen LogP) is 1.50. The van der Waals surface area contributed by atoms with E-state index in [0.717, 1.165) is 26.1 Å². The highest BCUT2D eigenvalue weighted by atomic mass is 16.3. The number of hydrogen-bond acceptors (Lipinski definition) is 5. The average molecular weight is 358 g/mol. The first-order valence-electron chi connectivity index (χ1n) is 9.16. The second-order valence-corrected chi connectivity index (χ2v) is 7.36. The molecule has 2 aromatic heterocycles. The largest absolute Gasteiger partial charge is 0.493 e. The number of amides is 1. The van der Waals surface area contributed by atoms with Gasteiger partial charge in [0.25, 0.3) is 11.5 Å². The molecule has 1 aliphatic rings. The summed E-state index contributed by atoms with van der Waals surface area (Å²) in [5.74, 6) is 0.291. The number of carbonyl (C=O) groups excluding carboxylic acids is 1. The van der Waals surface area contributed by atoms with Crippen LogP contribution in [0.2, 0.25) is 0 Å². The van der Waals surface area contributed by atoms with Crippen molar-refractivity contribution in [3.8, 4) is 5.88 Å². The molecule has 0 unspecified atom stereocenters. The normalized spacial score (nSPS) is 21.0. The average Bonchev–Trinajstić information content (AvgIpc) is 2.58. The van der Waals surface area contributed by atoms with Gasteiger partial charge in [0.2, 0.25) is 5.88 Å². The fourth-order valence-electron chi connectivity index (χ4n) is 3.84. The summed E-state index contributed by atoms with van der Waals surface area (Å²) in [6, 6.07) is 4.99. The van der Waals surface area contributed by atoms with Gasteiger partial charge in [-0.2, -0.15) is 4.98 Å². The maximum Gasteiger partial charge on any atom is 0.274 e. The van der Waals surface area contributed by atoms with E-state index in [1.807, 2.05) is 0 Å². The van der Waals surface area contributed by atoms with Gasteiger partial charge in [0.15, 0.2) is 5.56 Å². The standard InChI is InChI=1S/C19H26N4O3/c1-13-10-14(2)12-22(11-13)8-5-7-20-17(24)16-18(25)21-15-6-3-4-9-23(15)19(16)26/h3-4,6,9,13-14,25H,5,7-8,10-12H2,1-2H3,(H,20,24)/t13-,14-/m1/s1. The van der Waals surface area contributed by atoms with E-state index in [-0.39, 0.29) is 5.56 Å². The molecule has 7 heteroatoms. The molecular formula is C19H26N4O3. The third-order valence-corrected chi connectivity index (χ3v) is 4.82. The van der Waals surface area contributed by atoms with Crippen LogP contribution in [0.4, 0.5) is 0 Å². The fraction of sp³-hybridized carbons (Fsp3) is 0.526. The van der Waals surface area contributed by atoms with Crippen molar-refractivity contribution in [3.63, 3.8) is 0 Å². The van der Waals surface area contributed by atoms with Gasteiger partial charge in [-0.15, -0.1) is 0 Å². The Morgan fingerprint density at radius 2 is 2.04 bits per heavy atom. The first kappa shape index (κ1) is 18.4. The molecule has 26 heavy (non-hydrogen) atoms. The van der Waals surface area contributed by atoms with Crippen LogP contribution in [0.1, 0.15) is 37.0 Å². The van der Waals surface area contributed by atoms with Gasteiger partial charge in [0, 0.05) is 25.8 Å². The van der Waals surface area contributed by atoms with E-state index in [1.165, 1.54) is 17.0 Å². The Morgan fingerprint density at radius 3 is 2.77 bits per heavy atom. The zero-order valence-electron chi connectivity index (χ0n) is 15.3. The maximum atomic E-state index is 12.4. The molecule has 1 aliphatic heterocycles. The van der Waals surface area contributed by atoms with Crippen molar-refractivity contribution < 1.29 is 9.90 Å². The molecule has 140 valence electrons. The van der Waals surface area contributed by atoms with E-state index in [1.54, 1.807) is 18.2 Å². The summed E-state index contributed by atoms with van der Waals surface area (Å²) in [6.07, 6.45) is 3.60. The van der Waals surface area contributed by atoms with Gasteiger partial charge in [-0.3, -0.25) is 14.0 Å². The van der Waals surface area contributed by atoms with Crippen LogP contribution in [-0.4, -0.2) is 51.5 Å². The molecule has 2 aromatic rings.